The Labute approximate surface area is 124 Å². The summed E-state index contributed by atoms with van der Waals surface area (Å²) in [5, 5.41) is 0.555. The van der Waals surface area contributed by atoms with E-state index in [0.717, 1.165) is 33.0 Å². The van der Waals surface area contributed by atoms with Gasteiger partial charge in [-0.2, -0.15) is 0 Å². The fourth-order valence-electron chi connectivity index (χ4n) is 2.15. The molecule has 0 radical (unpaired) electrons. The molecule has 1 nitrogen and oxygen atoms in total. The van der Waals surface area contributed by atoms with Gasteiger partial charge in [-0.1, -0.05) is 23.7 Å². The molecular weight excluding hydrogens is 279 g/mol. The zero-order valence-electron chi connectivity index (χ0n) is 11.2. The van der Waals surface area contributed by atoms with Gasteiger partial charge >= 0.3 is 0 Å². The highest BCUT2D eigenvalue weighted by atomic mass is 35.5. The van der Waals surface area contributed by atoms with Crippen molar-refractivity contribution in [1.29, 1.82) is 0 Å². The van der Waals surface area contributed by atoms with Crippen LogP contribution in [0.25, 0.3) is 0 Å². The number of benzene rings is 2. The highest BCUT2D eigenvalue weighted by Gasteiger charge is 2.15. The topological polar surface area (TPSA) is 9.23 Å². The summed E-state index contributed by atoms with van der Waals surface area (Å²) in [5.74, 6) is 0.845. The molecule has 0 aliphatic heterocycles. The van der Waals surface area contributed by atoms with Crippen molar-refractivity contribution < 1.29 is 4.74 Å². The van der Waals surface area contributed by atoms with E-state index in [0.29, 0.717) is 0 Å². The standard InChI is InChI=1S/C16H16Cl2O/c1-10-8-12(17)4-6-14(10)16(18)15-7-5-13(19-3)9-11(15)2/h4-9,16H,1-3H3. The fourth-order valence-corrected chi connectivity index (χ4v) is 2.87. The summed E-state index contributed by atoms with van der Waals surface area (Å²) in [7, 11) is 1.66. The third kappa shape index (κ3) is 3.05. The number of halogens is 2. The molecule has 0 aromatic heterocycles. The molecule has 0 amide bonds. The van der Waals surface area contributed by atoms with E-state index in [2.05, 4.69) is 0 Å². The SMILES string of the molecule is COc1ccc(C(Cl)c2ccc(Cl)cc2C)c(C)c1. The maximum absolute atomic E-state index is 6.61. The molecule has 0 fully saturated rings. The maximum Gasteiger partial charge on any atom is 0.119 e. The van der Waals surface area contributed by atoms with Gasteiger partial charge in [0.1, 0.15) is 5.75 Å². The molecule has 3 heteroatoms. The van der Waals surface area contributed by atoms with Crippen molar-refractivity contribution in [3.8, 4) is 5.75 Å². The first-order valence-electron chi connectivity index (χ1n) is 6.07. The van der Waals surface area contributed by atoms with Crippen molar-refractivity contribution >= 4 is 23.2 Å². The molecule has 0 aliphatic carbocycles. The average Bonchev–Trinajstić information content (AvgIpc) is 2.37. The van der Waals surface area contributed by atoms with Gasteiger partial charge in [0, 0.05) is 5.02 Å². The number of rotatable bonds is 3. The largest absolute Gasteiger partial charge is 0.497 e. The van der Waals surface area contributed by atoms with E-state index in [1.807, 2.05) is 50.2 Å². The van der Waals surface area contributed by atoms with Gasteiger partial charge in [-0.05, 0) is 60.4 Å². The lowest BCUT2D eigenvalue weighted by molar-refractivity contribution is 0.414. The number of ether oxygens (including phenoxy) is 1. The number of alkyl halides is 1. The van der Waals surface area contributed by atoms with Crippen LogP contribution in [-0.2, 0) is 0 Å². The molecule has 0 saturated heterocycles. The van der Waals surface area contributed by atoms with Crippen LogP contribution in [0.5, 0.6) is 5.75 Å². The second-order valence-corrected chi connectivity index (χ2v) is 5.46. The predicted octanol–water partition coefficient (Wildman–Crippen LogP) is 5.29. The molecule has 2 aromatic rings. The molecule has 0 heterocycles. The van der Waals surface area contributed by atoms with Crippen molar-refractivity contribution in [3.05, 3.63) is 63.7 Å². The van der Waals surface area contributed by atoms with Crippen LogP contribution in [0.3, 0.4) is 0 Å². The molecule has 0 N–H and O–H groups in total. The Bertz CT molecular complexity index is 593. The fraction of sp³-hybridized carbons (Fsp3) is 0.250. The Balaban J connectivity index is 2.41. The number of hydrogen-bond acceptors (Lipinski definition) is 1. The van der Waals surface area contributed by atoms with E-state index >= 15 is 0 Å². The minimum absolute atomic E-state index is 0.178. The molecule has 2 aromatic carbocycles. The highest BCUT2D eigenvalue weighted by Crippen LogP contribution is 2.35. The van der Waals surface area contributed by atoms with E-state index in [4.69, 9.17) is 27.9 Å². The quantitative estimate of drug-likeness (QED) is 0.699. The smallest absolute Gasteiger partial charge is 0.119 e. The van der Waals surface area contributed by atoms with Crippen LogP contribution in [0.4, 0.5) is 0 Å². The van der Waals surface area contributed by atoms with Crippen molar-refractivity contribution in [2.45, 2.75) is 19.2 Å². The van der Waals surface area contributed by atoms with Gasteiger partial charge in [-0.25, -0.2) is 0 Å². The van der Waals surface area contributed by atoms with Gasteiger partial charge in [0.05, 0.1) is 12.5 Å². The van der Waals surface area contributed by atoms with E-state index in [9.17, 15) is 0 Å². The van der Waals surface area contributed by atoms with Crippen LogP contribution < -0.4 is 4.74 Å². The Morgan fingerprint density at radius 1 is 0.947 bits per heavy atom. The molecule has 2 rings (SSSR count). The van der Waals surface area contributed by atoms with Gasteiger partial charge in [-0.15, -0.1) is 11.6 Å². The normalized spacial score (nSPS) is 12.3. The summed E-state index contributed by atoms with van der Waals surface area (Å²) < 4.78 is 5.21. The summed E-state index contributed by atoms with van der Waals surface area (Å²) >= 11 is 12.6. The van der Waals surface area contributed by atoms with Crippen LogP contribution >= 0.6 is 23.2 Å². The van der Waals surface area contributed by atoms with Crippen LogP contribution in [0.2, 0.25) is 5.02 Å². The van der Waals surface area contributed by atoms with Gasteiger partial charge in [0.25, 0.3) is 0 Å². The van der Waals surface area contributed by atoms with Crippen molar-refractivity contribution in [3.63, 3.8) is 0 Å². The molecule has 19 heavy (non-hydrogen) atoms. The molecular formula is C16H16Cl2O. The number of aryl methyl sites for hydroxylation is 2. The van der Waals surface area contributed by atoms with E-state index < -0.39 is 0 Å². The van der Waals surface area contributed by atoms with Gasteiger partial charge in [0.2, 0.25) is 0 Å². The monoisotopic (exact) mass is 294 g/mol. The Morgan fingerprint density at radius 2 is 1.53 bits per heavy atom. The lowest BCUT2D eigenvalue weighted by Crippen LogP contribution is -1.99. The Hall–Kier alpha value is -1.18. The molecule has 0 spiro atoms. The third-order valence-electron chi connectivity index (χ3n) is 3.25. The number of methoxy groups -OCH3 is 1. The lowest BCUT2D eigenvalue weighted by Gasteiger charge is -2.16. The summed E-state index contributed by atoms with van der Waals surface area (Å²) in [6, 6.07) is 11.7. The zero-order valence-corrected chi connectivity index (χ0v) is 12.7. The minimum Gasteiger partial charge on any atom is -0.497 e. The number of hydrogen-bond donors (Lipinski definition) is 0. The van der Waals surface area contributed by atoms with E-state index in [1.54, 1.807) is 7.11 Å². The van der Waals surface area contributed by atoms with E-state index in [-0.39, 0.29) is 5.38 Å². The molecule has 0 saturated carbocycles. The first-order chi connectivity index (χ1) is 9.02. The first-order valence-corrected chi connectivity index (χ1v) is 6.89. The Morgan fingerprint density at radius 3 is 2.05 bits per heavy atom. The third-order valence-corrected chi connectivity index (χ3v) is 3.96. The van der Waals surface area contributed by atoms with Crippen LogP contribution in [0.1, 0.15) is 27.6 Å². The molecule has 0 bridgehead atoms. The highest BCUT2D eigenvalue weighted by molar-refractivity contribution is 6.30. The molecule has 1 atom stereocenters. The predicted molar refractivity (Wildman–Crippen MR) is 81.6 cm³/mol. The van der Waals surface area contributed by atoms with Gasteiger partial charge in [0.15, 0.2) is 0 Å². The summed E-state index contributed by atoms with van der Waals surface area (Å²) in [4.78, 5) is 0. The van der Waals surface area contributed by atoms with Crippen molar-refractivity contribution in [2.24, 2.45) is 0 Å². The van der Waals surface area contributed by atoms with Crippen molar-refractivity contribution in [1.82, 2.24) is 0 Å². The summed E-state index contributed by atoms with van der Waals surface area (Å²) in [5.41, 5.74) is 4.39. The second kappa shape index (κ2) is 5.85. The zero-order chi connectivity index (χ0) is 14.0. The van der Waals surface area contributed by atoms with Gasteiger partial charge < -0.3 is 4.74 Å². The molecule has 1 unspecified atom stereocenters. The van der Waals surface area contributed by atoms with E-state index in [1.165, 1.54) is 0 Å². The lowest BCUT2D eigenvalue weighted by atomic mass is 9.97. The molecule has 100 valence electrons. The molecule has 0 aliphatic rings. The van der Waals surface area contributed by atoms with Crippen LogP contribution in [0.15, 0.2) is 36.4 Å². The maximum atomic E-state index is 6.61. The van der Waals surface area contributed by atoms with Gasteiger partial charge in [-0.3, -0.25) is 0 Å². The summed E-state index contributed by atoms with van der Waals surface area (Å²) in [6.45, 7) is 4.06. The first kappa shape index (κ1) is 14.2. The average molecular weight is 295 g/mol. The second-order valence-electron chi connectivity index (χ2n) is 4.59. The summed E-state index contributed by atoms with van der Waals surface area (Å²) in [6.07, 6.45) is 0. The van der Waals surface area contributed by atoms with Crippen molar-refractivity contribution in [2.75, 3.05) is 7.11 Å². The minimum atomic E-state index is -0.178. The van der Waals surface area contributed by atoms with Crippen LogP contribution in [0, 0.1) is 13.8 Å². The van der Waals surface area contributed by atoms with Crippen LogP contribution in [-0.4, -0.2) is 7.11 Å². The Kier molecular flexibility index (Phi) is 4.38.